The van der Waals surface area contributed by atoms with Gasteiger partial charge in [0.05, 0.1) is 24.9 Å². The summed E-state index contributed by atoms with van der Waals surface area (Å²) in [5.41, 5.74) is 0.236. The highest BCUT2D eigenvalue weighted by Crippen LogP contribution is 2.14. The van der Waals surface area contributed by atoms with Crippen LogP contribution in [0.25, 0.3) is 0 Å². The predicted octanol–water partition coefficient (Wildman–Crippen LogP) is 1.53. The Morgan fingerprint density at radius 3 is 2.72 bits per heavy atom. The molecule has 102 valence electrons. The van der Waals surface area contributed by atoms with Gasteiger partial charge in [0.15, 0.2) is 0 Å². The number of aromatic nitrogens is 2. The monoisotopic (exact) mass is 255 g/mol. The molecule has 0 aliphatic rings. The molecule has 0 aromatic carbocycles. The summed E-state index contributed by atoms with van der Waals surface area (Å²) in [5, 5.41) is 15.8. The van der Waals surface area contributed by atoms with Crippen molar-refractivity contribution < 1.29 is 14.6 Å². The summed E-state index contributed by atoms with van der Waals surface area (Å²) in [4.78, 5) is 13.5. The van der Waals surface area contributed by atoms with Crippen molar-refractivity contribution in [1.82, 2.24) is 15.1 Å². The van der Waals surface area contributed by atoms with E-state index in [4.69, 9.17) is 4.74 Å². The molecule has 1 atom stereocenters. The maximum atomic E-state index is 12.0. The second kappa shape index (κ2) is 5.86. The highest BCUT2D eigenvalue weighted by atomic mass is 16.6. The first-order chi connectivity index (χ1) is 8.33. The van der Waals surface area contributed by atoms with Crippen molar-refractivity contribution in [2.45, 2.75) is 45.9 Å². The number of aliphatic hydroxyl groups is 1. The van der Waals surface area contributed by atoms with Crippen LogP contribution in [0.3, 0.4) is 0 Å². The topological polar surface area (TPSA) is 78.5 Å². The van der Waals surface area contributed by atoms with Crippen molar-refractivity contribution in [1.29, 1.82) is 0 Å². The van der Waals surface area contributed by atoms with Crippen LogP contribution < -0.4 is 0 Å². The van der Waals surface area contributed by atoms with E-state index in [9.17, 15) is 9.90 Å². The minimum absolute atomic E-state index is 0.118. The second-order valence-electron chi connectivity index (χ2n) is 5.22. The predicted molar refractivity (Wildman–Crippen MR) is 66.9 cm³/mol. The molecule has 1 heterocycles. The molecule has 1 amide bonds. The van der Waals surface area contributed by atoms with Gasteiger partial charge in [0.25, 0.3) is 0 Å². The van der Waals surface area contributed by atoms with E-state index in [-0.39, 0.29) is 12.6 Å². The Labute approximate surface area is 107 Å². The number of rotatable bonds is 4. The highest BCUT2D eigenvalue weighted by molar-refractivity contribution is 5.68. The summed E-state index contributed by atoms with van der Waals surface area (Å²) < 4.78 is 5.31. The number of amides is 1. The van der Waals surface area contributed by atoms with Gasteiger partial charge in [-0.2, -0.15) is 5.10 Å². The Morgan fingerprint density at radius 2 is 2.28 bits per heavy atom. The van der Waals surface area contributed by atoms with Crippen molar-refractivity contribution in [2.24, 2.45) is 0 Å². The molecule has 0 saturated carbocycles. The van der Waals surface area contributed by atoms with Gasteiger partial charge in [-0.1, -0.05) is 0 Å². The smallest absolute Gasteiger partial charge is 0.410 e. The molecule has 0 aliphatic carbocycles. The van der Waals surface area contributed by atoms with E-state index in [2.05, 4.69) is 10.2 Å². The van der Waals surface area contributed by atoms with Crippen LogP contribution in [-0.4, -0.2) is 44.5 Å². The Kier molecular flexibility index (Phi) is 4.72. The first kappa shape index (κ1) is 14.5. The number of aromatic amines is 1. The van der Waals surface area contributed by atoms with Gasteiger partial charge in [-0.05, 0) is 33.8 Å². The van der Waals surface area contributed by atoms with Gasteiger partial charge < -0.3 is 9.84 Å². The number of hydrogen-bond acceptors (Lipinski definition) is 4. The summed E-state index contributed by atoms with van der Waals surface area (Å²) in [6, 6.07) is 1.46. The SMILES string of the molecule is C[C@@H](CO)N(Cc1ccn[nH]1)C(=O)OC(C)(C)C. The number of nitrogens with zero attached hydrogens (tertiary/aromatic N) is 2. The maximum Gasteiger partial charge on any atom is 0.410 e. The average Bonchev–Trinajstić information content (AvgIpc) is 2.75. The lowest BCUT2D eigenvalue weighted by molar-refractivity contribution is 0.00907. The molecule has 6 heteroatoms. The number of carbonyl (C=O) groups is 1. The molecule has 0 fully saturated rings. The van der Waals surface area contributed by atoms with Gasteiger partial charge in [-0.25, -0.2) is 4.79 Å². The van der Waals surface area contributed by atoms with Crippen LogP contribution in [0.1, 0.15) is 33.4 Å². The third-order valence-electron chi connectivity index (χ3n) is 2.32. The van der Waals surface area contributed by atoms with E-state index >= 15 is 0 Å². The van der Waals surface area contributed by atoms with Crippen LogP contribution in [0.5, 0.6) is 0 Å². The summed E-state index contributed by atoms with van der Waals surface area (Å²) in [6.07, 6.45) is 1.17. The highest BCUT2D eigenvalue weighted by Gasteiger charge is 2.26. The van der Waals surface area contributed by atoms with Crippen molar-refractivity contribution >= 4 is 6.09 Å². The van der Waals surface area contributed by atoms with Crippen molar-refractivity contribution in [3.05, 3.63) is 18.0 Å². The fourth-order valence-corrected chi connectivity index (χ4v) is 1.38. The normalized spacial score (nSPS) is 13.2. The minimum atomic E-state index is -0.557. The van der Waals surface area contributed by atoms with E-state index < -0.39 is 11.7 Å². The quantitative estimate of drug-likeness (QED) is 0.855. The maximum absolute atomic E-state index is 12.0. The number of carbonyl (C=O) groups excluding carboxylic acids is 1. The van der Waals surface area contributed by atoms with Crippen molar-refractivity contribution in [3.8, 4) is 0 Å². The summed E-state index contributed by atoms with van der Waals surface area (Å²) >= 11 is 0. The second-order valence-corrected chi connectivity index (χ2v) is 5.22. The van der Waals surface area contributed by atoms with Gasteiger partial charge in [0.1, 0.15) is 5.60 Å². The molecule has 1 aromatic rings. The lowest BCUT2D eigenvalue weighted by Gasteiger charge is -2.30. The van der Waals surface area contributed by atoms with Crippen LogP contribution in [0.4, 0.5) is 4.79 Å². The zero-order valence-corrected chi connectivity index (χ0v) is 11.3. The molecule has 18 heavy (non-hydrogen) atoms. The lowest BCUT2D eigenvalue weighted by Crippen LogP contribution is -2.43. The third-order valence-corrected chi connectivity index (χ3v) is 2.32. The Balaban J connectivity index is 2.75. The minimum Gasteiger partial charge on any atom is -0.444 e. The number of hydrogen-bond donors (Lipinski definition) is 2. The van der Waals surface area contributed by atoms with Gasteiger partial charge >= 0.3 is 6.09 Å². The standard InChI is InChI=1S/C12H21N3O3/c1-9(8-16)15(7-10-5-6-13-14-10)11(17)18-12(2,3)4/h5-6,9,16H,7-8H2,1-4H3,(H,13,14)/t9-/m0/s1. The molecule has 1 aromatic heterocycles. The van der Waals surface area contributed by atoms with E-state index in [1.165, 1.54) is 4.90 Å². The van der Waals surface area contributed by atoms with Crippen LogP contribution in [0.2, 0.25) is 0 Å². The van der Waals surface area contributed by atoms with Crippen LogP contribution in [-0.2, 0) is 11.3 Å². The van der Waals surface area contributed by atoms with Crippen molar-refractivity contribution in [2.75, 3.05) is 6.61 Å². The van der Waals surface area contributed by atoms with E-state index in [1.54, 1.807) is 19.2 Å². The number of nitrogens with one attached hydrogen (secondary N) is 1. The first-order valence-corrected chi connectivity index (χ1v) is 5.92. The molecule has 1 rings (SSSR count). The Hall–Kier alpha value is -1.56. The third kappa shape index (κ3) is 4.37. The molecule has 0 aliphatic heterocycles. The van der Waals surface area contributed by atoms with E-state index in [1.807, 2.05) is 20.8 Å². The largest absolute Gasteiger partial charge is 0.444 e. The summed E-state index contributed by atoms with van der Waals surface area (Å²) in [5.74, 6) is 0. The molecule has 0 radical (unpaired) electrons. The van der Waals surface area contributed by atoms with Gasteiger partial charge in [-0.15, -0.1) is 0 Å². The molecular formula is C12H21N3O3. The Morgan fingerprint density at radius 1 is 1.61 bits per heavy atom. The molecule has 0 spiro atoms. The lowest BCUT2D eigenvalue weighted by atomic mass is 10.2. The van der Waals surface area contributed by atoms with Crippen LogP contribution >= 0.6 is 0 Å². The van der Waals surface area contributed by atoms with E-state index in [0.29, 0.717) is 6.54 Å². The molecule has 0 unspecified atom stereocenters. The summed E-state index contributed by atoms with van der Waals surface area (Å²) in [6.45, 7) is 7.40. The average molecular weight is 255 g/mol. The number of aliphatic hydroxyl groups excluding tert-OH is 1. The number of H-pyrrole nitrogens is 1. The van der Waals surface area contributed by atoms with Gasteiger partial charge in [-0.3, -0.25) is 10.00 Å². The molecule has 0 saturated heterocycles. The molecule has 6 nitrogen and oxygen atoms in total. The van der Waals surface area contributed by atoms with Crippen LogP contribution in [0.15, 0.2) is 12.3 Å². The Bertz CT molecular complexity index is 370. The fourth-order valence-electron chi connectivity index (χ4n) is 1.38. The molecule has 0 bridgehead atoms. The van der Waals surface area contributed by atoms with E-state index in [0.717, 1.165) is 5.69 Å². The number of ether oxygens (including phenoxy) is 1. The summed E-state index contributed by atoms with van der Waals surface area (Å²) in [7, 11) is 0. The fraction of sp³-hybridized carbons (Fsp3) is 0.667. The zero-order valence-electron chi connectivity index (χ0n) is 11.3. The molecule has 2 N–H and O–H groups in total. The van der Waals surface area contributed by atoms with Crippen molar-refractivity contribution in [3.63, 3.8) is 0 Å². The van der Waals surface area contributed by atoms with Crippen LogP contribution in [0, 0.1) is 0 Å². The van der Waals surface area contributed by atoms with Gasteiger partial charge in [0, 0.05) is 6.20 Å². The zero-order chi connectivity index (χ0) is 13.8. The van der Waals surface area contributed by atoms with Gasteiger partial charge in [0.2, 0.25) is 0 Å². The first-order valence-electron chi connectivity index (χ1n) is 5.92. The molecular weight excluding hydrogens is 234 g/mol.